The molecule has 1 aliphatic carbocycles. The van der Waals surface area contributed by atoms with Crippen molar-refractivity contribution in [3.05, 3.63) is 0 Å². The second-order valence-electron chi connectivity index (χ2n) is 5.65. The monoisotopic (exact) mass is 228 g/mol. The van der Waals surface area contributed by atoms with Crippen molar-refractivity contribution in [3.63, 3.8) is 0 Å². The first kappa shape index (κ1) is 13.5. The maximum atomic E-state index is 11.8. The zero-order chi connectivity index (χ0) is 12.2. The number of carbonyl (C=O) groups is 1. The van der Waals surface area contributed by atoms with E-state index in [1.54, 1.807) is 0 Å². The van der Waals surface area contributed by atoms with E-state index in [0.717, 1.165) is 25.7 Å². The molecular formula is C12H24N2O2. The van der Waals surface area contributed by atoms with Crippen LogP contribution >= 0.6 is 0 Å². The van der Waals surface area contributed by atoms with Crippen molar-refractivity contribution in [2.75, 3.05) is 6.61 Å². The molecule has 4 N–H and O–H groups in total. The number of hydrogen-bond donors (Lipinski definition) is 3. The van der Waals surface area contributed by atoms with E-state index in [2.05, 4.69) is 5.32 Å². The molecule has 1 fully saturated rings. The lowest BCUT2D eigenvalue weighted by atomic mass is 9.93. The van der Waals surface area contributed by atoms with Crippen LogP contribution in [0.3, 0.4) is 0 Å². The molecule has 16 heavy (non-hydrogen) atoms. The van der Waals surface area contributed by atoms with Crippen molar-refractivity contribution >= 4 is 5.91 Å². The molecule has 0 saturated heterocycles. The molecule has 4 nitrogen and oxygen atoms in total. The van der Waals surface area contributed by atoms with E-state index in [0.29, 0.717) is 12.8 Å². The quantitative estimate of drug-likeness (QED) is 0.655. The van der Waals surface area contributed by atoms with Crippen LogP contribution < -0.4 is 11.1 Å². The maximum absolute atomic E-state index is 11.8. The van der Waals surface area contributed by atoms with Crippen molar-refractivity contribution in [2.24, 2.45) is 5.73 Å². The smallest absolute Gasteiger partial charge is 0.222 e. The minimum Gasteiger partial charge on any atom is -0.396 e. The Labute approximate surface area is 97.6 Å². The van der Waals surface area contributed by atoms with Gasteiger partial charge in [0, 0.05) is 24.1 Å². The van der Waals surface area contributed by atoms with Crippen LogP contribution in [0.4, 0.5) is 0 Å². The van der Waals surface area contributed by atoms with Gasteiger partial charge in [-0.1, -0.05) is 12.8 Å². The minimum atomic E-state index is -0.346. The molecule has 0 aromatic rings. The van der Waals surface area contributed by atoms with Crippen LogP contribution in [0.2, 0.25) is 0 Å². The summed E-state index contributed by atoms with van der Waals surface area (Å²) in [7, 11) is 0. The fraction of sp³-hybridized carbons (Fsp3) is 0.917. The van der Waals surface area contributed by atoms with Crippen molar-refractivity contribution in [1.29, 1.82) is 0 Å². The fourth-order valence-electron chi connectivity index (χ4n) is 2.34. The van der Waals surface area contributed by atoms with Crippen LogP contribution in [-0.4, -0.2) is 28.7 Å². The highest BCUT2D eigenvalue weighted by Gasteiger charge is 2.33. The third-order valence-corrected chi connectivity index (χ3v) is 3.33. The van der Waals surface area contributed by atoms with Gasteiger partial charge in [0.25, 0.3) is 0 Å². The summed E-state index contributed by atoms with van der Waals surface area (Å²) in [6, 6.07) is 0. The SMILES string of the molecule is CC(C)(CCO)NC(=O)CC1(N)CCCC1. The average Bonchev–Trinajstić information content (AvgIpc) is 2.49. The zero-order valence-electron chi connectivity index (χ0n) is 10.4. The molecule has 1 rings (SSSR count). The highest BCUT2D eigenvalue weighted by Crippen LogP contribution is 2.30. The Morgan fingerprint density at radius 2 is 2.00 bits per heavy atom. The number of carbonyl (C=O) groups excluding carboxylic acids is 1. The Morgan fingerprint density at radius 1 is 1.44 bits per heavy atom. The fourth-order valence-corrected chi connectivity index (χ4v) is 2.34. The lowest BCUT2D eigenvalue weighted by Crippen LogP contribution is -2.49. The molecule has 0 aromatic carbocycles. The van der Waals surface area contributed by atoms with Gasteiger partial charge in [0.05, 0.1) is 0 Å². The number of rotatable bonds is 5. The molecule has 0 aromatic heterocycles. The molecule has 0 unspecified atom stereocenters. The van der Waals surface area contributed by atoms with Crippen LogP contribution in [0, 0.1) is 0 Å². The van der Waals surface area contributed by atoms with Crippen molar-refractivity contribution in [2.45, 2.75) is 63.5 Å². The van der Waals surface area contributed by atoms with Crippen LogP contribution in [0.5, 0.6) is 0 Å². The van der Waals surface area contributed by atoms with Gasteiger partial charge in [-0.3, -0.25) is 4.79 Å². The minimum absolute atomic E-state index is 0.00264. The van der Waals surface area contributed by atoms with E-state index in [1.807, 2.05) is 13.8 Å². The first-order valence-electron chi connectivity index (χ1n) is 6.08. The lowest BCUT2D eigenvalue weighted by molar-refractivity contribution is -0.124. The molecule has 0 spiro atoms. The van der Waals surface area contributed by atoms with Crippen molar-refractivity contribution in [3.8, 4) is 0 Å². The summed E-state index contributed by atoms with van der Waals surface area (Å²) in [5.41, 5.74) is 5.50. The number of aliphatic hydroxyl groups excluding tert-OH is 1. The Morgan fingerprint density at radius 3 is 2.50 bits per heavy atom. The van der Waals surface area contributed by atoms with Gasteiger partial charge in [0.1, 0.15) is 0 Å². The molecule has 1 amide bonds. The molecule has 94 valence electrons. The van der Waals surface area contributed by atoms with E-state index in [1.165, 1.54) is 0 Å². The zero-order valence-corrected chi connectivity index (χ0v) is 10.4. The standard InChI is InChI=1S/C12H24N2O2/c1-11(2,7-8-15)14-10(16)9-12(13)5-3-4-6-12/h15H,3-9,13H2,1-2H3,(H,14,16). The molecule has 0 aliphatic heterocycles. The third kappa shape index (κ3) is 4.10. The molecular weight excluding hydrogens is 204 g/mol. The van der Waals surface area contributed by atoms with E-state index < -0.39 is 0 Å². The van der Waals surface area contributed by atoms with E-state index in [9.17, 15) is 4.79 Å². The molecule has 0 heterocycles. The summed E-state index contributed by atoms with van der Waals surface area (Å²) < 4.78 is 0. The topological polar surface area (TPSA) is 75.3 Å². The Kier molecular flexibility index (Phi) is 4.33. The van der Waals surface area contributed by atoms with Crippen LogP contribution in [-0.2, 0) is 4.79 Å². The van der Waals surface area contributed by atoms with Crippen LogP contribution in [0.15, 0.2) is 0 Å². The number of nitrogens with one attached hydrogen (secondary N) is 1. The van der Waals surface area contributed by atoms with Crippen molar-refractivity contribution in [1.82, 2.24) is 5.32 Å². The van der Waals surface area contributed by atoms with Gasteiger partial charge in [-0.25, -0.2) is 0 Å². The number of aliphatic hydroxyl groups is 1. The van der Waals surface area contributed by atoms with Crippen molar-refractivity contribution < 1.29 is 9.90 Å². The lowest BCUT2D eigenvalue weighted by Gasteiger charge is -2.29. The van der Waals surface area contributed by atoms with Gasteiger partial charge < -0.3 is 16.2 Å². The maximum Gasteiger partial charge on any atom is 0.222 e. The first-order valence-corrected chi connectivity index (χ1v) is 6.08. The molecule has 4 heteroatoms. The van der Waals surface area contributed by atoms with Gasteiger partial charge in [-0.2, -0.15) is 0 Å². The first-order chi connectivity index (χ1) is 7.37. The Hall–Kier alpha value is -0.610. The largest absolute Gasteiger partial charge is 0.396 e. The van der Waals surface area contributed by atoms with Gasteiger partial charge in [0.2, 0.25) is 5.91 Å². The second-order valence-corrected chi connectivity index (χ2v) is 5.65. The third-order valence-electron chi connectivity index (χ3n) is 3.33. The van der Waals surface area contributed by atoms with E-state index >= 15 is 0 Å². The van der Waals surface area contributed by atoms with E-state index in [-0.39, 0.29) is 23.6 Å². The van der Waals surface area contributed by atoms with Gasteiger partial charge >= 0.3 is 0 Å². The van der Waals surface area contributed by atoms with Crippen LogP contribution in [0.25, 0.3) is 0 Å². The summed E-state index contributed by atoms with van der Waals surface area (Å²) in [6.07, 6.45) is 5.12. The number of hydrogen-bond acceptors (Lipinski definition) is 3. The number of amides is 1. The van der Waals surface area contributed by atoms with Gasteiger partial charge in [0.15, 0.2) is 0 Å². The summed E-state index contributed by atoms with van der Waals surface area (Å²) in [4.78, 5) is 11.8. The second kappa shape index (κ2) is 5.15. The molecule has 0 radical (unpaired) electrons. The summed E-state index contributed by atoms with van der Waals surface area (Å²) in [5.74, 6) is 0.00264. The highest BCUT2D eigenvalue weighted by atomic mass is 16.3. The van der Waals surface area contributed by atoms with Gasteiger partial charge in [-0.15, -0.1) is 0 Å². The highest BCUT2D eigenvalue weighted by molar-refractivity contribution is 5.78. The molecule has 1 saturated carbocycles. The number of nitrogens with two attached hydrogens (primary N) is 1. The predicted molar refractivity (Wildman–Crippen MR) is 63.9 cm³/mol. The summed E-state index contributed by atoms with van der Waals surface area (Å²) in [6.45, 7) is 3.92. The molecule has 0 atom stereocenters. The Balaban J connectivity index is 2.41. The van der Waals surface area contributed by atoms with Crippen LogP contribution in [0.1, 0.15) is 52.4 Å². The Bertz CT molecular complexity index is 245. The summed E-state index contributed by atoms with van der Waals surface area (Å²) >= 11 is 0. The van der Waals surface area contributed by atoms with E-state index in [4.69, 9.17) is 10.8 Å². The van der Waals surface area contributed by atoms with Gasteiger partial charge in [-0.05, 0) is 33.1 Å². The normalized spacial score (nSPS) is 19.8. The summed E-state index contributed by atoms with van der Waals surface area (Å²) in [5, 5.41) is 11.8. The predicted octanol–water partition coefficient (Wildman–Crippen LogP) is 0.925. The molecule has 1 aliphatic rings. The molecule has 0 bridgehead atoms. The average molecular weight is 228 g/mol.